The fourth-order valence-corrected chi connectivity index (χ4v) is 2.28. The van der Waals surface area contributed by atoms with Gasteiger partial charge in [-0.05, 0) is 37.6 Å². The van der Waals surface area contributed by atoms with E-state index in [2.05, 4.69) is 22.2 Å². The predicted octanol–water partition coefficient (Wildman–Crippen LogP) is 4.07. The fourth-order valence-electron chi connectivity index (χ4n) is 2.10. The predicted molar refractivity (Wildman–Crippen MR) is 94.3 cm³/mol. The van der Waals surface area contributed by atoms with Gasteiger partial charge in [0.1, 0.15) is 11.5 Å². The number of anilines is 2. The molecule has 24 heavy (non-hydrogen) atoms. The van der Waals surface area contributed by atoms with Crippen LogP contribution in [0.3, 0.4) is 0 Å². The zero-order valence-corrected chi connectivity index (χ0v) is 14.7. The summed E-state index contributed by atoms with van der Waals surface area (Å²) < 4.78 is 13.2. The molecular weight excluding hydrogens is 331 g/mol. The maximum Gasteiger partial charge on any atom is 0.274 e. The van der Waals surface area contributed by atoms with Crippen LogP contribution >= 0.6 is 11.6 Å². The van der Waals surface area contributed by atoms with Gasteiger partial charge in [-0.1, -0.05) is 24.9 Å². The van der Waals surface area contributed by atoms with Crippen molar-refractivity contribution in [2.75, 3.05) is 23.8 Å². The van der Waals surface area contributed by atoms with Crippen LogP contribution in [0.5, 0.6) is 0 Å². The molecular formula is C17H20ClFN4O. The first-order valence-electron chi connectivity index (χ1n) is 7.74. The molecule has 0 unspecified atom stereocenters. The Kier molecular flexibility index (Phi) is 6.09. The number of hydrogen-bond acceptors (Lipinski definition) is 4. The van der Waals surface area contributed by atoms with E-state index in [4.69, 9.17) is 11.6 Å². The van der Waals surface area contributed by atoms with Gasteiger partial charge in [0.2, 0.25) is 5.95 Å². The van der Waals surface area contributed by atoms with Crippen molar-refractivity contribution >= 4 is 29.1 Å². The van der Waals surface area contributed by atoms with Gasteiger partial charge < -0.3 is 10.2 Å². The number of rotatable bonds is 6. The van der Waals surface area contributed by atoms with Crippen LogP contribution in [0.25, 0.3) is 0 Å². The van der Waals surface area contributed by atoms with Gasteiger partial charge in [0, 0.05) is 25.0 Å². The second-order valence-corrected chi connectivity index (χ2v) is 5.96. The zero-order valence-electron chi connectivity index (χ0n) is 13.9. The van der Waals surface area contributed by atoms with Gasteiger partial charge in [0.15, 0.2) is 0 Å². The molecule has 1 heterocycles. The van der Waals surface area contributed by atoms with Crippen molar-refractivity contribution in [2.45, 2.75) is 26.7 Å². The summed E-state index contributed by atoms with van der Waals surface area (Å²) in [6, 6.07) is 5.61. The molecule has 128 valence electrons. The Morgan fingerprint density at radius 2 is 2.08 bits per heavy atom. The average Bonchev–Trinajstić information content (AvgIpc) is 2.55. The maximum atomic E-state index is 13.2. The molecule has 0 bridgehead atoms. The van der Waals surface area contributed by atoms with Crippen molar-refractivity contribution in [1.82, 2.24) is 9.97 Å². The molecule has 0 spiro atoms. The number of halogens is 2. The molecule has 0 aliphatic heterocycles. The van der Waals surface area contributed by atoms with Crippen LogP contribution in [0.15, 0.2) is 24.3 Å². The molecule has 1 amide bonds. The Morgan fingerprint density at radius 1 is 1.33 bits per heavy atom. The molecule has 5 nitrogen and oxygen atoms in total. The normalized spacial score (nSPS) is 10.5. The molecule has 7 heteroatoms. The first-order chi connectivity index (χ1) is 11.4. The van der Waals surface area contributed by atoms with Crippen molar-refractivity contribution in [3.05, 3.63) is 46.5 Å². The average molecular weight is 351 g/mol. The SMILES string of the molecule is CCCCN(C)c1nc(C)cc(C(=O)Nc2ccc(F)c(Cl)c2)n1. The number of aromatic nitrogens is 2. The Labute approximate surface area is 145 Å². The highest BCUT2D eigenvalue weighted by Crippen LogP contribution is 2.20. The molecule has 0 fully saturated rings. The quantitative estimate of drug-likeness (QED) is 0.853. The fraction of sp³-hybridized carbons (Fsp3) is 0.353. The summed E-state index contributed by atoms with van der Waals surface area (Å²) in [4.78, 5) is 23.0. The maximum absolute atomic E-state index is 13.2. The molecule has 0 saturated heterocycles. The Hall–Kier alpha value is -2.21. The van der Waals surface area contributed by atoms with Crippen LogP contribution in [0.4, 0.5) is 16.0 Å². The number of aryl methyl sites for hydroxylation is 1. The Morgan fingerprint density at radius 3 is 2.75 bits per heavy atom. The summed E-state index contributed by atoms with van der Waals surface area (Å²) in [5.41, 5.74) is 1.36. The van der Waals surface area contributed by atoms with Gasteiger partial charge in [-0.15, -0.1) is 0 Å². The lowest BCUT2D eigenvalue weighted by Crippen LogP contribution is -2.23. The highest BCUT2D eigenvalue weighted by molar-refractivity contribution is 6.31. The molecule has 0 aliphatic rings. The summed E-state index contributed by atoms with van der Waals surface area (Å²) in [5.74, 6) is -0.425. The highest BCUT2D eigenvalue weighted by Gasteiger charge is 2.14. The van der Waals surface area contributed by atoms with Crippen LogP contribution in [0, 0.1) is 12.7 Å². The van der Waals surface area contributed by atoms with Crippen molar-refractivity contribution in [3.63, 3.8) is 0 Å². The van der Waals surface area contributed by atoms with Gasteiger partial charge in [-0.2, -0.15) is 0 Å². The third-order valence-corrected chi connectivity index (χ3v) is 3.73. The summed E-state index contributed by atoms with van der Waals surface area (Å²) in [6.45, 7) is 4.73. The molecule has 1 aromatic heterocycles. The molecule has 1 aromatic carbocycles. The van der Waals surface area contributed by atoms with Crippen molar-refractivity contribution in [1.29, 1.82) is 0 Å². The van der Waals surface area contributed by atoms with E-state index in [0.29, 0.717) is 17.3 Å². The van der Waals surface area contributed by atoms with Crippen molar-refractivity contribution < 1.29 is 9.18 Å². The van der Waals surface area contributed by atoms with E-state index in [0.717, 1.165) is 19.4 Å². The van der Waals surface area contributed by atoms with E-state index in [1.807, 2.05) is 18.9 Å². The lowest BCUT2D eigenvalue weighted by atomic mass is 10.2. The van der Waals surface area contributed by atoms with E-state index in [1.165, 1.54) is 18.2 Å². The largest absolute Gasteiger partial charge is 0.344 e. The van der Waals surface area contributed by atoms with Crippen LogP contribution in [0.1, 0.15) is 35.9 Å². The summed E-state index contributed by atoms with van der Waals surface area (Å²) in [7, 11) is 1.89. The number of hydrogen-bond donors (Lipinski definition) is 1. The molecule has 0 aliphatic carbocycles. The Balaban J connectivity index is 2.19. The minimum absolute atomic E-state index is 0.0494. The van der Waals surface area contributed by atoms with Gasteiger partial charge in [0.25, 0.3) is 5.91 Å². The monoisotopic (exact) mass is 350 g/mol. The number of carbonyl (C=O) groups is 1. The van der Waals surface area contributed by atoms with Crippen LogP contribution < -0.4 is 10.2 Å². The third kappa shape index (κ3) is 4.64. The first kappa shape index (κ1) is 18.1. The van der Waals surface area contributed by atoms with E-state index in [1.54, 1.807) is 6.07 Å². The van der Waals surface area contributed by atoms with Crippen molar-refractivity contribution in [2.24, 2.45) is 0 Å². The number of amides is 1. The summed E-state index contributed by atoms with van der Waals surface area (Å²) >= 11 is 5.73. The van der Waals surface area contributed by atoms with E-state index in [9.17, 15) is 9.18 Å². The molecule has 2 aromatic rings. The number of benzene rings is 1. The van der Waals surface area contributed by atoms with Gasteiger partial charge in [0.05, 0.1) is 5.02 Å². The highest BCUT2D eigenvalue weighted by atomic mass is 35.5. The summed E-state index contributed by atoms with van der Waals surface area (Å²) in [6.07, 6.45) is 2.08. The lowest BCUT2D eigenvalue weighted by Gasteiger charge is -2.17. The van der Waals surface area contributed by atoms with E-state index < -0.39 is 11.7 Å². The Bertz CT molecular complexity index is 739. The molecule has 0 radical (unpaired) electrons. The van der Waals surface area contributed by atoms with Crippen LogP contribution in [0.2, 0.25) is 5.02 Å². The van der Waals surface area contributed by atoms with Gasteiger partial charge in [-0.25, -0.2) is 14.4 Å². The lowest BCUT2D eigenvalue weighted by molar-refractivity contribution is 0.102. The van der Waals surface area contributed by atoms with Crippen LogP contribution in [-0.2, 0) is 0 Å². The van der Waals surface area contributed by atoms with Gasteiger partial charge in [-0.3, -0.25) is 4.79 Å². The van der Waals surface area contributed by atoms with Crippen LogP contribution in [-0.4, -0.2) is 29.5 Å². The van der Waals surface area contributed by atoms with E-state index >= 15 is 0 Å². The molecule has 0 atom stereocenters. The first-order valence-corrected chi connectivity index (χ1v) is 8.11. The molecule has 1 N–H and O–H groups in total. The third-order valence-electron chi connectivity index (χ3n) is 3.44. The number of carbonyl (C=O) groups excluding carboxylic acids is 1. The standard InChI is InChI=1S/C17H20ClFN4O/c1-4-5-8-23(3)17-20-11(2)9-15(22-17)16(24)21-12-6-7-14(19)13(18)10-12/h6-7,9-10H,4-5,8H2,1-3H3,(H,21,24). The van der Waals surface area contributed by atoms with Gasteiger partial charge >= 0.3 is 0 Å². The second-order valence-electron chi connectivity index (χ2n) is 5.55. The number of nitrogens with zero attached hydrogens (tertiary/aromatic N) is 3. The molecule has 2 rings (SSSR count). The summed E-state index contributed by atoms with van der Waals surface area (Å²) in [5, 5.41) is 2.61. The molecule has 0 saturated carbocycles. The smallest absolute Gasteiger partial charge is 0.274 e. The minimum Gasteiger partial charge on any atom is -0.344 e. The minimum atomic E-state index is -0.535. The topological polar surface area (TPSA) is 58.1 Å². The second kappa shape index (κ2) is 8.06. The zero-order chi connectivity index (χ0) is 17.7. The van der Waals surface area contributed by atoms with Crippen molar-refractivity contribution in [3.8, 4) is 0 Å². The van der Waals surface area contributed by atoms with E-state index in [-0.39, 0.29) is 10.7 Å². The number of nitrogens with one attached hydrogen (secondary N) is 1. The number of unbranched alkanes of at least 4 members (excludes halogenated alkanes) is 1.